The molecule has 1 amide bonds. The van der Waals surface area contributed by atoms with Crippen LogP contribution < -0.4 is 10.6 Å². The lowest BCUT2D eigenvalue weighted by Gasteiger charge is -2.27. The van der Waals surface area contributed by atoms with Crippen molar-refractivity contribution in [1.82, 2.24) is 10.3 Å². The molecule has 108 valence electrons. The Balaban J connectivity index is 0.00000180. The molecule has 0 radical (unpaired) electrons. The number of carbonyl (C=O) groups excluding carboxylic acids is 1. The molecule has 0 bridgehead atoms. The third-order valence-corrected chi connectivity index (χ3v) is 4.44. The number of anilines is 1. The maximum atomic E-state index is 11.9. The summed E-state index contributed by atoms with van der Waals surface area (Å²) in [5.41, 5.74) is 0.960. The molecule has 1 fully saturated rings. The van der Waals surface area contributed by atoms with Crippen LogP contribution in [-0.4, -0.2) is 24.0 Å². The Morgan fingerprint density at radius 1 is 1.58 bits per heavy atom. The van der Waals surface area contributed by atoms with Crippen molar-refractivity contribution >= 4 is 34.8 Å². The summed E-state index contributed by atoms with van der Waals surface area (Å²) in [5.74, 6) is 1.22. The van der Waals surface area contributed by atoms with E-state index in [0.717, 1.165) is 23.9 Å². The Morgan fingerprint density at radius 3 is 2.84 bits per heavy atom. The van der Waals surface area contributed by atoms with Gasteiger partial charge in [-0.05, 0) is 44.7 Å². The molecule has 0 spiro atoms. The molecule has 1 aromatic rings. The van der Waals surface area contributed by atoms with E-state index < -0.39 is 0 Å². The Kier molecular flexibility index (Phi) is 6.75. The van der Waals surface area contributed by atoms with Gasteiger partial charge in [0.1, 0.15) is 0 Å². The van der Waals surface area contributed by atoms with Crippen LogP contribution in [0.1, 0.15) is 31.9 Å². The molecule has 1 atom stereocenters. The highest BCUT2D eigenvalue weighted by Crippen LogP contribution is 2.25. The predicted octanol–water partition coefficient (Wildman–Crippen LogP) is 2.84. The summed E-state index contributed by atoms with van der Waals surface area (Å²) < 4.78 is 0. The van der Waals surface area contributed by atoms with E-state index in [9.17, 15) is 4.79 Å². The summed E-state index contributed by atoms with van der Waals surface area (Å²) in [6, 6.07) is 0. The molecule has 1 aromatic heterocycles. The summed E-state index contributed by atoms with van der Waals surface area (Å²) in [5, 5.41) is 8.91. The van der Waals surface area contributed by atoms with Crippen LogP contribution in [0.5, 0.6) is 0 Å². The van der Waals surface area contributed by atoms with Crippen LogP contribution >= 0.6 is 23.7 Å². The summed E-state index contributed by atoms with van der Waals surface area (Å²) >= 11 is 1.49. The van der Waals surface area contributed by atoms with Crippen molar-refractivity contribution in [1.29, 1.82) is 0 Å². The smallest absolute Gasteiger partial charge is 0.226 e. The second-order valence-corrected chi connectivity index (χ2v) is 5.97. The average Bonchev–Trinajstić information content (AvgIpc) is 2.75. The van der Waals surface area contributed by atoms with Gasteiger partial charge in [0, 0.05) is 11.8 Å². The molecule has 0 aliphatic carbocycles. The van der Waals surface area contributed by atoms with E-state index >= 15 is 0 Å². The van der Waals surface area contributed by atoms with Gasteiger partial charge in [0.2, 0.25) is 5.91 Å². The number of hydrogen-bond acceptors (Lipinski definition) is 4. The summed E-state index contributed by atoms with van der Waals surface area (Å²) in [6.07, 6.45) is 2.97. The van der Waals surface area contributed by atoms with Gasteiger partial charge in [-0.15, -0.1) is 23.7 Å². The van der Waals surface area contributed by atoms with Crippen molar-refractivity contribution in [2.45, 2.75) is 33.1 Å². The highest BCUT2D eigenvalue weighted by atomic mass is 35.5. The normalized spacial score (nSPS) is 17.6. The first kappa shape index (κ1) is 16.4. The molecule has 2 heterocycles. The van der Waals surface area contributed by atoms with E-state index in [-0.39, 0.29) is 18.3 Å². The van der Waals surface area contributed by atoms with Gasteiger partial charge >= 0.3 is 0 Å². The SMILES string of the molecule is Cc1csc(NC(=O)CC(C)C2CCNCC2)n1.Cl. The molecule has 1 aliphatic heterocycles. The second kappa shape index (κ2) is 7.82. The van der Waals surface area contributed by atoms with E-state index in [1.807, 2.05) is 12.3 Å². The lowest BCUT2D eigenvalue weighted by atomic mass is 9.84. The van der Waals surface area contributed by atoms with Crippen LogP contribution in [0.4, 0.5) is 5.13 Å². The van der Waals surface area contributed by atoms with E-state index in [0.29, 0.717) is 18.3 Å². The van der Waals surface area contributed by atoms with Crippen molar-refractivity contribution < 1.29 is 4.79 Å². The third kappa shape index (κ3) is 5.09. The molecular formula is C13H22ClN3OS. The number of amides is 1. The fraction of sp³-hybridized carbons (Fsp3) is 0.692. The molecule has 19 heavy (non-hydrogen) atoms. The molecule has 0 saturated carbocycles. The summed E-state index contributed by atoms with van der Waals surface area (Å²) in [6.45, 7) is 6.29. The largest absolute Gasteiger partial charge is 0.317 e. The minimum atomic E-state index is 0. The van der Waals surface area contributed by atoms with E-state index in [4.69, 9.17) is 0 Å². The first-order valence-electron chi connectivity index (χ1n) is 6.58. The van der Waals surface area contributed by atoms with E-state index in [1.165, 1.54) is 24.2 Å². The Labute approximate surface area is 124 Å². The van der Waals surface area contributed by atoms with Gasteiger partial charge in [-0.1, -0.05) is 6.92 Å². The van der Waals surface area contributed by atoms with Crippen LogP contribution in [0.3, 0.4) is 0 Å². The zero-order chi connectivity index (χ0) is 13.0. The topological polar surface area (TPSA) is 54.0 Å². The van der Waals surface area contributed by atoms with Gasteiger partial charge in [-0.2, -0.15) is 0 Å². The summed E-state index contributed by atoms with van der Waals surface area (Å²) in [4.78, 5) is 16.2. The Bertz CT molecular complexity index is 404. The minimum Gasteiger partial charge on any atom is -0.317 e. The number of carbonyl (C=O) groups is 1. The monoisotopic (exact) mass is 303 g/mol. The number of piperidine rings is 1. The molecule has 0 aromatic carbocycles. The van der Waals surface area contributed by atoms with Gasteiger partial charge in [0.25, 0.3) is 0 Å². The van der Waals surface area contributed by atoms with Crippen LogP contribution in [0.15, 0.2) is 5.38 Å². The molecule has 4 nitrogen and oxygen atoms in total. The molecule has 2 rings (SSSR count). The zero-order valence-electron chi connectivity index (χ0n) is 11.4. The maximum absolute atomic E-state index is 11.9. The fourth-order valence-corrected chi connectivity index (χ4v) is 3.16. The van der Waals surface area contributed by atoms with Crippen LogP contribution in [0, 0.1) is 18.8 Å². The highest BCUT2D eigenvalue weighted by molar-refractivity contribution is 7.13. The van der Waals surface area contributed by atoms with Gasteiger partial charge in [0.05, 0.1) is 5.69 Å². The Morgan fingerprint density at radius 2 is 2.26 bits per heavy atom. The number of aryl methyl sites for hydroxylation is 1. The third-order valence-electron chi connectivity index (χ3n) is 3.56. The number of rotatable bonds is 4. The number of thiazole rings is 1. The van der Waals surface area contributed by atoms with Gasteiger partial charge in [0.15, 0.2) is 5.13 Å². The predicted molar refractivity (Wildman–Crippen MR) is 82.1 cm³/mol. The van der Waals surface area contributed by atoms with Gasteiger partial charge < -0.3 is 10.6 Å². The number of nitrogens with one attached hydrogen (secondary N) is 2. The minimum absolute atomic E-state index is 0. The van der Waals surface area contributed by atoms with Crippen LogP contribution in [0.25, 0.3) is 0 Å². The summed E-state index contributed by atoms with van der Waals surface area (Å²) in [7, 11) is 0. The molecular weight excluding hydrogens is 282 g/mol. The quantitative estimate of drug-likeness (QED) is 0.899. The molecule has 1 aliphatic rings. The van der Waals surface area contributed by atoms with Crippen LogP contribution in [-0.2, 0) is 4.79 Å². The lowest BCUT2D eigenvalue weighted by Crippen LogP contribution is -2.32. The van der Waals surface area contributed by atoms with Crippen molar-refractivity contribution in [2.75, 3.05) is 18.4 Å². The van der Waals surface area contributed by atoms with Gasteiger partial charge in [-0.3, -0.25) is 4.79 Å². The molecule has 2 N–H and O–H groups in total. The standard InChI is InChI=1S/C13H21N3OS.ClH/c1-9(11-3-5-14-6-4-11)7-12(17)16-13-15-10(2)8-18-13;/h8-9,11,14H,3-7H2,1-2H3,(H,15,16,17);1H. The maximum Gasteiger partial charge on any atom is 0.226 e. The first-order valence-corrected chi connectivity index (χ1v) is 7.46. The second-order valence-electron chi connectivity index (χ2n) is 5.11. The molecule has 6 heteroatoms. The highest BCUT2D eigenvalue weighted by Gasteiger charge is 2.22. The first-order chi connectivity index (χ1) is 8.65. The number of nitrogens with zero attached hydrogens (tertiary/aromatic N) is 1. The average molecular weight is 304 g/mol. The number of halogens is 1. The Hall–Kier alpha value is -0.650. The molecule has 1 unspecified atom stereocenters. The van der Waals surface area contributed by atoms with Crippen molar-refractivity contribution in [3.8, 4) is 0 Å². The number of hydrogen-bond donors (Lipinski definition) is 2. The van der Waals surface area contributed by atoms with E-state index in [2.05, 4.69) is 22.5 Å². The fourth-order valence-electron chi connectivity index (χ4n) is 2.45. The zero-order valence-corrected chi connectivity index (χ0v) is 13.1. The van der Waals surface area contributed by atoms with Gasteiger partial charge in [-0.25, -0.2) is 4.98 Å². The van der Waals surface area contributed by atoms with Crippen LogP contribution in [0.2, 0.25) is 0 Å². The lowest BCUT2D eigenvalue weighted by molar-refractivity contribution is -0.117. The van der Waals surface area contributed by atoms with Crippen molar-refractivity contribution in [3.05, 3.63) is 11.1 Å². The van der Waals surface area contributed by atoms with Crippen molar-refractivity contribution in [3.63, 3.8) is 0 Å². The van der Waals surface area contributed by atoms with Crippen molar-refractivity contribution in [2.24, 2.45) is 11.8 Å². The molecule has 1 saturated heterocycles. The van der Waals surface area contributed by atoms with E-state index in [1.54, 1.807) is 0 Å². The number of aromatic nitrogens is 1.